The zero-order chi connectivity index (χ0) is 14.8. The Labute approximate surface area is 118 Å². The topological polar surface area (TPSA) is 68.7 Å². The maximum atomic E-state index is 11.6. The molecule has 0 atom stereocenters. The van der Waals surface area contributed by atoms with E-state index in [-0.39, 0.29) is 24.9 Å². The highest BCUT2D eigenvalue weighted by molar-refractivity contribution is 5.72. The van der Waals surface area contributed by atoms with Crippen molar-refractivity contribution in [1.82, 2.24) is 9.88 Å². The zero-order valence-corrected chi connectivity index (χ0v) is 11.9. The number of rotatable bonds is 8. The molecule has 6 nitrogen and oxygen atoms in total. The Morgan fingerprint density at radius 1 is 1.30 bits per heavy atom. The van der Waals surface area contributed by atoms with Crippen LogP contribution in [0.15, 0.2) is 24.4 Å². The van der Waals surface area contributed by atoms with Gasteiger partial charge in [0.25, 0.3) is 0 Å². The SMILES string of the molecule is CCOC(=O)CN(CCC(=O)OC)Cc1ccccn1. The molecule has 0 aliphatic carbocycles. The van der Waals surface area contributed by atoms with E-state index < -0.39 is 0 Å². The van der Waals surface area contributed by atoms with Crippen molar-refractivity contribution >= 4 is 11.9 Å². The van der Waals surface area contributed by atoms with Crippen LogP contribution in [0.25, 0.3) is 0 Å². The van der Waals surface area contributed by atoms with Crippen molar-refractivity contribution in [3.63, 3.8) is 0 Å². The fourth-order valence-electron chi connectivity index (χ4n) is 1.68. The predicted octanol–water partition coefficient (Wildman–Crippen LogP) is 1.01. The third-order valence-corrected chi connectivity index (χ3v) is 2.63. The van der Waals surface area contributed by atoms with E-state index in [2.05, 4.69) is 9.72 Å². The first-order chi connectivity index (χ1) is 9.65. The first kappa shape index (κ1) is 16.1. The van der Waals surface area contributed by atoms with Crippen molar-refractivity contribution in [2.75, 3.05) is 26.8 Å². The molecular weight excluding hydrogens is 260 g/mol. The monoisotopic (exact) mass is 280 g/mol. The third-order valence-electron chi connectivity index (χ3n) is 2.63. The van der Waals surface area contributed by atoms with Crippen LogP contribution in [0.3, 0.4) is 0 Å². The molecule has 0 saturated heterocycles. The number of ether oxygens (including phenoxy) is 2. The van der Waals surface area contributed by atoms with E-state index in [4.69, 9.17) is 4.74 Å². The van der Waals surface area contributed by atoms with Gasteiger partial charge in [-0.05, 0) is 19.1 Å². The Morgan fingerprint density at radius 2 is 2.10 bits per heavy atom. The second-order valence-electron chi connectivity index (χ2n) is 4.16. The summed E-state index contributed by atoms with van der Waals surface area (Å²) in [6, 6.07) is 5.58. The lowest BCUT2D eigenvalue weighted by Gasteiger charge is -2.20. The summed E-state index contributed by atoms with van der Waals surface area (Å²) in [5.41, 5.74) is 0.835. The maximum Gasteiger partial charge on any atom is 0.320 e. The lowest BCUT2D eigenvalue weighted by atomic mass is 10.3. The number of hydrogen-bond acceptors (Lipinski definition) is 6. The first-order valence-electron chi connectivity index (χ1n) is 6.50. The molecule has 1 heterocycles. The predicted molar refractivity (Wildman–Crippen MR) is 72.8 cm³/mol. The molecule has 1 aromatic rings. The smallest absolute Gasteiger partial charge is 0.320 e. The Balaban J connectivity index is 2.58. The van der Waals surface area contributed by atoms with Crippen molar-refractivity contribution < 1.29 is 19.1 Å². The number of nitrogens with zero attached hydrogens (tertiary/aromatic N) is 2. The summed E-state index contributed by atoms with van der Waals surface area (Å²) in [6.07, 6.45) is 1.92. The molecule has 0 aromatic carbocycles. The molecule has 110 valence electrons. The van der Waals surface area contributed by atoms with Crippen molar-refractivity contribution in [3.05, 3.63) is 30.1 Å². The van der Waals surface area contributed by atoms with Crippen LogP contribution in [0.5, 0.6) is 0 Å². The summed E-state index contributed by atoms with van der Waals surface area (Å²) in [7, 11) is 1.34. The van der Waals surface area contributed by atoms with Gasteiger partial charge in [0, 0.05) is 19.3 Å². The Morgan fingerprint density at radius 3 is 2.70 bits per heavy atom. The Bertz CT molecular complexity index is 422. The summed E-state index contributed by atoms with van der Waals surface area (Å²) >= 11 is 0. The number of pyridine rings is 1. The van der Waals surface area contributed by atoms with Gasteiger partial charge >= 0.3 is 11.9 Å². The van der Waals surface area contributed by atoms with Gasteiger partial charge in [0.2, 0.25) is 0 Å². The number of carbonyl (C=O) groups is 2. The van der Waals surface area contributed by atoms with Gasteiger partial charge in [-0.15, -0.1) is 0 Å². The summed E-state index contributed by atoms with van der Waals surface area (Å²) < 4.78 is 9.53. The van der Waals surface area contributed by atoms with Gasteiger partial charge in [-0.3, -0.25) is 19.5 Å². The zero-order valence-electron chi connectivity index (χ0n) is 11.9. The molecule has 0 aliphatic rings. The molecule has 0 N–H and O–H groups in total. The second kappa shape index (κ2) is 9.03. The lowest BCUT2D eigenvalue weighted by Crippen LogP contribution is -2.33. The minimum Gasteiger partial charge on any atom is -0.469 e. The minimum absolute atomic E-state index is 0.126. The van der Waals surface area contributed by atoms with E-state index in [1.165, 1.54) is 7.11 Å². The molecule has 0 radical (unpaired) electrons. The highest BCUT2D eigenvalue weighted by atomic mass is 16.5. The van der Waals surface area contributed by atoms with Crippen molar-refractivity contribution in [1.29, 1.82) is 0 Å². The van der Waals surface area contributed by atoms with Crippen molar-refractivity contribution in [2.24, 2.45) is 0 Å². The van der Waals surface area contributed by atoms with E-state index in [0.29, 0.717) is 19.7 Å². The van der Waals surface area contributed by atoms with Crippen LogP contribution in [0.2, 0.25) is 0 Å². The highest BCUT2D eigenvalue weighted by Gasteiger charge is 2.14. The van der Waals surface area contributed by atoms with Crippen LogP contribution in [0.4, 0.5) is 0 Å². The van der Waals surface area contributed by atoms with Gasteiger partial charge in [0.15, 0.2) is 0 Å². The van der Waals surface area contributed by atoms with Crippen LogP contribution in [0, 0.1) is 0 Å². The average Bonchev–Trinajstić information content (AvgIpc) is 2.45. The molecule has 0 unspecified atom stereocenters. The fourth-order valence-corrected chi connectivity index (χ4v) is 1.68. The van der Waals surface area contributed by atoms with Gasteiger partial charge < -0.3 is 9.47 Å². The maximum absolute atomic E-state index is 11.6. The third kappa shape index (κ3) is 6.29. The molecular formula is C14H20N2O4. The van der Waals surface area contributed by atoms with Gasteiger partial charge in [0.05, 0.1) is 32.4 Å². The first-order valence-corrected chi connectivity index (χ1v) is 6.50. The van der Waals surface area contributed by atoms with Crippen molar-refractivity contribution in [2.45, 2.75) is 19.9 Å². The van der Waals surface area contributed by atoms with Gasteiger partial charge in [0.1, 0.15) is 0 Å². The summed E-state index contributed by atoms with van der Waals surface area (Å²) in [5, 5.41) is 0. The van der Waals surface area contributed by atoms with Crippen LogP contribution >= 0.6 is 0 Å². The molecule has 0 saturated carbocycles. The molecule has 0 aliphatic heterocycles. The highest BCUT2D eigenvalue weighted by Crippen LogP contribution is 2.03. The summed E-state index contributed by atoms with van der Waals surface area (Å²) in [4.78, 5) is 28.8. The molecule has 1 rings (SSSR count). The van der Waals surface area contributed by atoms with E-state index in [0.717, 1.165) is 5.69 Å². The van der Waals surface area contributed by atoms with Gasteiger partial charge in [-0.2, -0.15) is 0 Å². The molecule has 6 heteroatoms. The number of esters is 2. The molecule has 0 amide bonds. The number of carbonyl (C=O) groups excluding carboxylic acids is 2. The lowest BCUT2D eigenvalue weighted by molar-refractivity contribution is -0.146. The number of aromatic nitrogens is 1. The van der Waals surface area contributed by atoms with E-state index in [1.807, 2.05) is 23.1 Å². The number of hydrogen-bond donors (Lipinski definition) is 0. The standard InChI is InChI=1S/C14H20N2O4/c1-3-20-14(18)11-16(9-7-13(17)19-2)10-12-6-4-5-8-15-12/h4-6,8H,3,7,9-11H2,1-2H3. The van der Waals surface area contributed by atoms with E-state index >= 15 is 0 Å². The van der Waals surface area contributed by atoms with Gasteiger partial charge in [-0.1, -0.05) is 6.07 Å². The number of methoxy groups -OCH3 is 1. The Kier molecular flexibility index (Phi) is 7.27. The quantitative estimate of drug-likeness (QED) is 0.662. The van der Waals surface area contributed by atoms with Crippen LogP contribution in [-0.2, 0) is 25.6 Å². The molecule has 20 heavy (non-hydrogen) atoms. The molecule has 1 aromatic heterocycles. The minimum atomic E-state index is -0.312. The largest absolute Gasteiger partial charge is 0.469 e. The van der Waals surface area contributed by atoms with Gasteiger partial charge in [-0.25, -0.2) is 0 Å². The second-order valence-corrected chi connectivity index (χ2v) is 4.16. The van der Waals surface area contributed by atoms with Crippen molar-refractivity contribution in [3.8, 4) is 0 Å². The van der Waals surface area contributed by atoms with E-state index in [9.17, 15) is 9.59 Å². The van der Waals surface area contributed by atoms with E-state index in [1.54, 1.807) is 13.1 Å². The van der Waals surface area contributed by atoms with Crippen LogP contribution in [0.1, 0.15) is 19.0 Å². The van der Waals surface area contributed by atoms with Crippen LogP contribution in [-0.4, -0.2) is 48.6 Å². The normalized spacial score (nSPS) is 10.3. The molecule has 0 bridgehead atoms. The van der Waals surface area contributed by atoms with Crippen LogP contribution < -0.4 is 0 Å². The summed E-state index contributed by atoms with van der Waals surface area (Å²) in [5.74, 6) is -0.617. The molecule has 0 spiro atoms. The Hall–Kier alpha value is -1.95. The summed E-state index contributed by atoms with van der Waals surface area (Å²) in [6.45, 7) is 3.13. The molecule has 0 fully saturated rings. The average molecular weight is 280 g/mol. The fraction of sp³-hybridized carbons (Fsp3) is 0.500.